The van der Waals surface area contributed by atoms with Crippen molar-refractivity contribution in [1.29, 1.82) is 5.26 Å². The molecule has 0 radical (unpaired) electrons. The summed E-state index contributed by atoms with van der Waals surface area (Å²) in [5.41, 5.74) is 8.27. The second-order valence-electron chi connectivity index (χ2n) is 4.31. The van der Waals surface area contributed by atoms with Gasteiger partial charge in [-0.15, -0.1) is 0 Å². The van der Waals surface area contributed by atoms with E-state index in [1.54, 1.807) is 12.3 Å². The topological polar surface area (TPSA) is 87.6 Å². The molecular formula is C15H11N5. The third-order valence-corrected chi connectivity index (χ3v) is 2.90. The van der Waals surface area contributed by atoms with Gasteiger partial charge in [-0.1, -0.05) is 6.07 Å². The molecule has 0 saturated carbocycles. The molecule has 0 aliphatic carbocycles. The number of nitrogens with one attached hydrogen (secondary N) is 1. The van der Waals surface area contributed by atoms with Crippen LogP contribution in [0.4, 0.5) is 17.2 Å². The third-order valence-electron chi connectivity index (χ3n) is 2.90. The standard InChI is InChI=1S/C15H11N5/c16-8-11-6-12(17)9-19-15(11)20-13-3-4-14-10(7-13)2-1-5-18-14/h1-7,9H,17H2,(H,19,20). The minimum absolute atomic E-state index is 0.413. The van der Waals surface area contributed by atoms with Crippen LogP contribution in [0.5, 0.6) is 0 Å². The monoisotopic (exact) mass is 261 g/mol. The summed E-state index contributed by atoms with van der Waals surface area (Å²) in [6.45, 7) is 0. The molecule has 2 aromatic heterocycles. The number of anilines is 3. The Labute approximate surface area is 115 Å². The van der Waals surface area contributed by atoms with Crippen LogP contribution in [0.1, 0.15) is 5.56 Å². The van der Waals surface area contributed by atoms with Crippen LogP contribution in [0, 0.1) is 11.3 Å². The summed E-state index contributed by atoms with van der Waals surface area (Å²) in [5.74, 6) is 0.491. The van der Waals surface area contributed by atoms with E-state index in [9.17, 15) is 0 Å². The number of nitrogen functional groups attached to an aromatic ring is 1. The van der Waals surface area contributed by atoms with Gasteiger partial charge in [0.1, 0.15) is 11.9 Å². The van der Waals surface area contributed by atoms with Gasteiger partial charge in [0.2, 0.25) is 0 Å². The number of nitriles is 1. The highest BCUT2D eigenvalue weighted by molar-refractivity contribution is 5.83. The number of hydrogen-bond acceptors (Lipinski definition) is 5. The first-order chi connectivity index (χ1) is 9.76. The normalized spacial score (nSPS) is 10.2. The van der Waals surface area contributed by atoms with Gasteiger partial charge in [0, 0.05) is 17.3 Å². The average Bonchev–Trinajstić information content (AvgIpc) is 2.49. The molecule has 3 aromatic rings. The van der Waals surface area contributed by atoms with Crippen LogP contribution in [0.2, 0.25) is 0 Å². The van der Waals surface area contributed by atoms with E-state index in [2.05, 4.69) is 21.4 Å². The fourth-order valence-corrected chi connectivity index (χ4v) is 1.96. The molecule has 3 rings (SSSR count). The average molecular weight is 261 g/mol. The fourth-order valence-electron chi connectivity index (χ4n) is 1.96. The molecule has 20 heavy (non-hydrogen) atoms. The van der Waals surface area contributed by atoms with Crippen molar-refractivity contribution >= 4 is 28.1 Å². The van der Waals surface area contributed by atoms with Crippen LogP contribution in [-0.2, 0) is 0 Å². The SMILES string of the molecule is N#Cc1cc(N)cnc1Nc1ccc2ncccc2c1. The number of fused-ring (bicyclic) bond motifs is 1. The number of aromatic nitrogens is 2. The molecule has 0 bridgehead atoms. The number of rotatable bonds is 2. The predicted octanol–water partition coefficient (Wildman–Crippen LogP) is 2.83. The second kappa shape index (κ2) is 4.86. The van der Waals surface area contributed by atoms with Gasteiger partial charge in [-0.2, -0.15) is 5.26 Å². The summed E-state index contributed by atoms with van der Waals surface area (Å²) < 4.78 is 0. The number of pyridine rings is 2. The molecular weight excluding hydrogens is 250 g/mol. The van der Waals surface area contributed by atoms with Crippen molar-refractivity contribution in [2.75, 3.05) is 11.1 Å². The number of benzene rings is 1. The van der Waals surface area contributed by atoms with Crippen LogP contribution >= 0.6 is 0 Å². The fraction of sp³-hybridized carbons (Fsp3) is 0. The van der Waals surface area contributed by atoms with Gasteiger partial charge in [0.05, 0.1) is 23.0 Å². The molecule has 0 fully saturated rings. The smallest absolute Gasteiger partial charge is 0.148 e. The van der Waals surface area contributed by atoms with Gasteiger partial charge < -0.3 is 11.1 Å². The predicted molar refractivity (Wildman–Crippen MR) is 78.4 cm³/mol. The molecule has 1 aromatic carbocycles. The first-order valence-electron chi connectivity index (χ1n) is 6.04. The highest BCUT2D eigenvalue weighted by Gasteiger charge is 2.05. The maximum absolute atomic E-state index is 9.10. The summed E-state index contributed by atoms with van der Waals surface area (Å²) in [6.07, 6.45) is 3.27. The van der Waals surface area contributed by atoms with Crippen LogP contribution in [0.25, 0.3) is 10.9 Å². The highest BCUT2D eigenvalue weighted by Crippen LogP contribution is 2.22. The molecule has 3 N–H and O–H groups in total. The Kier molecular flexibility index (Phi) is 2.90. The molecule has 0 aliphatic rings. The van der Waals surface area contributed by atoms with E-state index in [1.807, 2.05) is 30.3 Å². The lowest BCUT2D eigenvalue weighted by molar-refractivity contribution is 1.29. The Morgan fingerprint density at radius 2 is 2.05 bits per heavy atom. The summed E-state index contributed by atoms with van der Waals surface area (Å²) in [4.78, 5) is 8.41. The van der Waals surface area contributed by atoms with Gasteiger partial charge in [-0.3, -0.25) is 4.98 Å². The lowest BCUT2D eigenvalue weighted by Gasteiger charge is -2.08. The molecule has 5 nitrogen and oxygen atoms in total. The van der Waals surface area contributed by atoms with Crippen LogP contribution in [0.3, 0.4) is 0 Å². The molecule has 0 atom stereocenters. The number of hydrogen-bond donors (Lipinski definition) is 2. The van der Waals surface area contributed by atoms with E-state index in [-0.39, 0.29) is 0 Å². The molecule has 5 heteroatoms. The first-order valence-corrected chi connectivity index (χ1v) is 6.04. The zero-order valence-electron chi connectivity index (χ0n) is 10.5. The van der Waals surface area contributed by atoms with E-state index in [0.29, 0.717) is 17.1 Å². The molecule has 0 amide bonds. The van der Waals surface area contributed by atoms with Gasteiger partial charge in [-0.25, -0.2) is 4.98 Å². The van der Waals surface area contributed by atoms with Gasteiger partial charge in [0.15, 0.2) is 0 Å². The van der Waals surface area contributed by atoms with Crippen LogP contribution in [-0.4, -0.2) is 9.97 Å². The van der Waals surface area contributed by atoms with Crippen molar-refractivity contribution < 1.29 is 0 Å². The summed E-state index contributed by atoms with van der Waals surface area (Å²) >= 11 is 0. The van der Waals surface area contributed by atoms with Crippen molar-refractivity contribution in [2.24, 2.45) is 0 Å². The highest BCUT2D eigenvalue weighted by atomic mass is 15.0. The molecule has 0 aliphatic heterocycles. The van der Waals surface area contributed by atoms with Gasteiger partial charge >= 0.3 is 0 Å². The van der Waals surface area contributed by atoms with E-state index in [4.69, 9.17) is 11.0 Å². The van der Waals surface area contributed by atoms with E-state index in [0.717, 1.165) is 16.6 Å². The lowest BCUT2D eigenvalue weighted by Crippen LogP contribution is -1.98. The largest absolute Gasteiger partial charge is 0.397 e. The summed E-state index contributed by atoms with van der Waals surface area (Å²) in [5, 5.41) is 13.2. The molecule has 96 valence electrons. The number of nitrogens with two attached hydrogens (primary N) is 1. The first kappa shape index (κ1) is 11.9. The third kappa shape index (κ3) is 2.22. The lowest BCUT2D eigenvalue weighted by atomic mass is 10.2. The summed E-state index contributed by atoms with van der Waals surface area (Å²) in [6, 6.07) is 13.3. The maximum atomic E-state index is 9.10. The molecule has 2 heterocycles. The van der Waals surface area contributed by atoms with Crippen molar-refractivity contribution in [3.05, 3.63) is 54.4 Å². The summed E-state index contributed by atoms with van der Waals surface area (Å²) in [7, 11) is 0. The quantitative estimate of drug-likeness (QED) is 0.740. The minimum Gasteiger partial charge on any atom is -0.397 e. The Morgan fingerprint density at radius 1 is 1.15 bits per heavy atom. The van der Waals surface area contributed by atoms with Crippen molar-refractivity contribution in [3.63, 3.8) is 0 Å². The second-order valence-corrected chi connectivity index (χ2v) is 4.31. The van der Waals surface area contributed by atoms with E-state index < -0.39 is 0 Å². The van der Waals surface area contributed by atoms with Crippen molar-refractivity contribution in [3.8, 4) is 6.07 Å². The number of nitrogens with zero attached hydrogens (tertiary/aromatic N) is 3. The molecule has 0 unspecified atom stereocenters. The van der Waals surface area contributed by atoms with E-state index >= 15 is 0 Å². The van der Waals surface area contributed by atoms with Gasteiger partial charge in [0.25, 0.3) is 0 Å². The minimum atomic E-state index is 0.413. The van der Waals surface area contributed by atoms with Crippen molar-refractivity contribution in [1.82, 2.24) is 9.97 Å². The maximum Gasteiger partial charge on any atom is 0.148 e. The van der Waals surface area contributed by atoms with Crippen LogP contribution in [0.15, 0.2) is 48.8 Å². The zero-order chi connectivity index (χ0) is 13.9. The van der Waals surface area contributed by atoms with Crippen LogP contribution < -0.4 is 11.1 Å². The van der Waals surface area contributed by atoms with Crippen molar-refractivity contribution in [2.45, 2.75) is 0 Å². The Hall–Kier alpha value is -3.13. The Morgan fingerprint density at radius 3 is 2.90 bits per heavy atom. The molecule has 0 saturated heterocycles. The Bertz CT molecular complexity index is 820. The Balaban J connectivity index is 1.99. The van der Waals surface area contributed by atoms with E-state index in [1.165, 1.54) is 6.20 Å². The molecule has 0 spiro atoms. The zero-order valence-corrected chi connectivity index (χ0v) is 10.5. The van der Waals surface area contributed by atoms with Gasteiger partial charge in [-0.05, 0) is 30.3 Å².